The molecule has 19 heavy (non-hydrogen) atoms. The fourth-order valence-corrected chi connectivity index (χ4v) is 2.57. The van der Waals surface area contributed by atoms with E-state index in [9.17, 15) is 9.18 Å². The summed E-state index contributed by atoms with van der Waals surface area (Å²) in [6.45, 7) is 1.96. The summed E-state index contributed by atoms with van der Waals surface area (Å²) in [5.41, 5.74) is 1.68. The van der Waals surface area contributed by atoms with Gasteiger partial charge in [0.05, 0.1) is 16.3 Å². The number of carbonyl (C=O) groups is 1. The Hall–Kier alpha value is -1.14. The zero-order valence-corrected chi connectivity index (χ0v) is 12.9. The van der Waals surface area contributed by atoms with E-state index in [0.29, 0.717) is 5.69 Å². The number of benzene rings is 2. The first-order valence-electron chi connectivity index (χ1n) is 5.50. The first-order chi connectivity index (χ1) is 8.99. The molecule has 0 unspecified atom stereocenters. The van der Waals surface area contributed by atoms with Crippen LogP contribution in [0.4, 0.5) is 10.1 Å². The molecule has 0 aliphatic carbocycles. The van der Waals surface area contributed by atoms with Gasteiger partial charge in [-0.15, -0.1) is 0 Å². The Balaban J connectivity index is 2.28. The Bertz CT molecular complexity index is 645. The molecule has 1 N–H and O–H groups in total. The van der Waals surface area contributed by atoms with Crippen LogP contribution in [0.15, 0.2) is 36.4 Å². The Morgan fingerprint density at radius 1 is 1.32 bits per heavy atom. The highest BCUT2D eigenvalue weighted by Crippen LogP contribution is 2.22. The second kappa shape index (κ2) is 5.88. The largest absolute Gasteiger partial charge is 0.321 e. The Kier molecular flexibility index (Phi) is 4.42. The van der Waals surface area contributed by atoms with Crippen molar-refractivity contribution in [3.63, 3.8) is 0 Å². The quantitative estimate of drug-likeness (QED) is 0.745. The molecule has 0 heterocycles. The zero-order valence-electron chi connectivity index (χ0n) is 10.0. The normalized spacial score (nSPS) is 10.3. The number of anilines is 1. The summed E-state index contributed by atoms with van der Waals surface area (Å²) < 4.78 is 14.6. The highest BCUT2D eigenvalue weighted by Gasteiger charge is 2.15. The molecule has 0 fully saturated rings. The standard InChI is InChI=1S/C14H10ClFINO/c1-8-5-6-12(11(17)7-8)18-14(19)9-3-2-4-10(15)13(9)16/h2-7H,1H3,(H,18,19). The SMILES string of the molecule is Cc1ccc(NC(=O)c2cccc(Cl)c2F)c(I)c1. The van der Waals surface area contributed by atoms with Crippen molar-refractivity contribution in [2.45, 2.75) is 6.92 Å². The zero-order chi connectivity index (χ0) is 14.0. The second-order valence-electron chi connectivity index (χ2n) is 4.04. The lowest BCUT2D eigenvalue weighted by molar-refractivity contribution is 0.102. The van der Waals surface area contributed by atoms with Crippen LogP contribution in [0.5, 0.6) is 0 Å². The highest BCUT2D eigenvalue weighted by molar-refractivity contribution is 14.1. The fraction of sp³-hybridized carbons (Fsp3) is 0.0714. The molecule has 98 valence electrons. The maximum absolute atomic E-state index is 13.7. The lowest BCUT2D eigenvalue weighted by Gasteiger charge is -2.09. The molecule has 2 rings (SSSR count). The average molecular weight is 390 g/mol. The van der Waals surface area contributed by atoms with Gasteiger partial charge in [0.15, 0.2) is 5.82 Å². The van der Waals surface area contributed by atoms with Gasteiger partial charge in [-0.05, 0) is 59.3 Å². The molecule has 0 saturated carbocycles. The van der Waals surface area contributed by atoms with E-state index in [1.165, 1.54) is 12.1 Å². The Morgan fingerprint density at radius 2 is 2.05 bits per heavy atom. The summed E-state index contributed by atoms with van der Waals surface area (Å²) in [6.07, 6.45) is 0. The van der Waals surface area contributed by atoms with Gasteiger partial charge in [-0.25, -0.2) is 4.39 Å². The van der Waals surface area contributed by atoms with Gasteiger partial charge in [-0.2, -0.15) is 0 Å². The number of hydrogen-bond acceptors (Lipinski definition) is 1. The molecule has 0 aromatic heterocycles. The number of aryl methyl sites for hydroxylation is 1. The third kappa shape index (κ3) is 3.25. The van der Waals surface area contributed by atoms with Gasteiger partial charge >= 0.3 is 0 Å². The molecular weight excluding hydrogens is 380 g/mol. The maximum atomic E-state index is 13.7. The van der Waals surface area contributed by atoms with E-state index >= 15 is 0 Å². The number of rotatable bonds is 2. The third-order valence-electron chi connectivity index (χ3n) is 2.57. The van der Waals surface area contributed by atoms with Crippen molar-refractivity contribution in [2.75, 3.05) is 5.32 Å². The van der Waals surface area contributed by atoms with Crippen molar-refractivity contribution in [1.29, 1.82) is 0 Å². The van der Waals surface area contributed by atoms with E-state index in [2.05, 4.69) is 27.9 Å². The van der Waals surface area contributed by atoms with E-state index in [4.69, 9.17) is 11.6 Å². The first kappa shape index (κ1) is 14.3. The smallest absolute Gasteiger partial charge is 0.258 e. The van der Waals surface area contributed by atoms with Gasteiger partial charge in [0.1, 0.15) is 0 Å². The van der Waals surface area contributed by atoms with Crippen LogP contribution in [0.2, 0.25) is 5.02 Å². The summed E-state index contributed by atoms with van der Waals surface area (Å²) in [6, 6.07) is 9.95. The molecule has 1 amide bonds. The number of halogens is 3. The minimum atomic E-state index is -0.705. The minimum Gasteiger partial charge on any atom is -0.321 e. The van der Waals surface area contributed by atoms with Gasteiger partial charge in [0.25, 0.3) is 5.91 Å². The summed E-state index contributed by atoms with van der Waals surface area (Å²) in [4.78, 5) is 12.0. The van der Waals surface area contributed by atoms with Crippen LogP contribution in [-0.4, -0.2) is 5.91 Å². The van der Waals surface area contributed by atoms with Crippen molar-refractivity contribution in [1.82, 2.24) is 0 Å². The van der Waals surface area contributed by atoms with Crippen molar-refractivity contribution < 1.29 is 9.18 Å². The van der Waals surface area contributed by atoms with Crippen molar-refractivity contribution >= 4 is 45.8 Å². The number of hydrogen-bond donors (Lipinski definition) is 1. The van der Waals surface area contributed by atoms with Gasteiger partial charge in [-0.1, -0.05) is 23.7 Å². The van der Waals surface area contributed by atoms with E-state index in [-0.39, 0.29) is 10.6 Å². The molecule has 0 aliphatic heterocycles. The van der Waals surface area contributed by atoms with E-state index < -0.39 is 11.7 Å². The predicted molar refractivity (Wildman–Crippen MR) is 83.3 cm³/mol. The average Bonchev–Trinajstić information content (AvgIpc) is 2.36. The Labute approximate surface area is 129 Å². The topological polar surface area (TPSA) is 29.1 Å². The van der Waals surface area contributed by atoms with Crippen LogP contribution >= 0.6 is 34.2 Å². The van der Waals surface area contributed by atoms with Crippen LogP contribution in [0.1, 0.15) is 15.9 Å². The first-order valence-corrected chi connectivity index (χ1v) is 6.96. The molecule has 2 nitrogen and oxygen atoms in total. The summed E-state index contributed by atoms with van der Waals surface area (Å²) in [5.74, 6) is -1.22. The highest BCUT2D eigenvalue weighted by atomic mass is 127. The second-order valence-corrected chi connectivity index (χ2v) is 5.61. The van der Waals surface area contributed by atoms with Crippen molar-refractivity contribution in [2.24, 2.45) is 0 Å². The van der Waals surface area contributed by atoms with E-state index in [1.54, 1.807) is 12.1 Å². The fourth-order valence-electron chi connectivity index (χ4n) is 1.59. The van der Waals surface area contributed by atoms with Crippen LogP contribution in [0, 0.1) is 16.3 Å². The number of carbonyl (C=O) groups excluding carboxylic acids is 1. The van der Waals surface area contributed by atoms with Gasteiger partial charge < -0.3 is 5.32 Å². The summed E-state index contributed by atoms with van der Waals surface area (Å²) in [7, 11) is 0. The Morgan fingerprint density at radius 3 is 2.74 bits per heavy atom. The van der Waals surface area contributed by atoms with E-state index in [0.717, 1.165) is 9.13 Å². The minimum absolute atomic E-state index is 0.0637. The van der Waals surface area contributed by atoms with Crippen LogP contribution < -0.4 is 5.32 Å². The lowest BCUT2D eigenvalue weighted by atomic mass is 10.2. The van der Waals surface area contributed by atoms with Crippen LogP contribution in [0.3, 0.4) is 0 Å². The summed E-state index contributed by atoms with van der Waals surface area (Å²) >= 11 is 7.78. The number of amides is 1. The van der Waals surface area contributed by atoms with E-state index in [1.807, 2.05) is 19.1 Å². The molecule has 0 atom stereocenters. The third-order valence-corrected chi connectivity index (χ3v) is 3.75. The molecule has 0 aliphatic rings. The molecule has 0 spiro atoms. The van der Waals surface area contributed by atoms with Gasteiger partial charge in [0.2, 0.25) is 0 Å². The summed E-state index contributed by atoms with van der Waals surface area (Å²) in [5, 5.41) is 2.61. The molecule has 0 radical (unpaired) electrons. The molecule has 2 aromatic carbocycles. The van der Waals surface area contributed by atoms with Crippen LogP contribution in [0.25, 0.3) is 0 Å². The van der Waals surface area contributed by atoms with Crippen molar-refractivity contribution in [3.8, 4) is 0 Å². The molecular formula is C14H10ClFINO. The van der Waals surface area contributed by atoms with Crippen LogP contribution in [-0.2, 0) is 0 Å². The molecule has 0 bridgehead atoms. The number of nitrogens with one attached hydrogen (secondary N) is 1. The predicted octanol–water partition coefficient (Wildman–Crippen LogP) is 4.64. The van der Waals surface area contributed by atoms with Crippen molar-refractivity contribution in [3.05, 3.63) is 61.9 Å². The monoisotopic (exact) mass is 389 g/mol. The maximum Gasteiger partial charge on any atom is 0.258 e. The lowest BCUT2D eigenvalue weighted by Crippen LogP contribution is -2.14. The van der Waals surface area contributed by atoms with Gasteiger partial charge in [0, 0.05) is 3.57 Å². The molecule has 0 saturated heterocycles. The molecule has 2 aromatic rings. The van der Waals surface area contributed by atoms with Gasteiger partial charge in [-0.3, -0.25) is 4.79 Å². The molecule has 5 heteroatoms.